The third-order valence-corrected chi connectivity index (χ3v) is 5.97. The Hall–Kier alpha value is -2.40. The predicted molar refractivity (Wildman–Crippen MR) is 109 cm³/mol. The van der Waals surface area contributed by atoms with Gasteiger partial charge < -0.3 is 14.5 Å². The van der Waals surface area contributed by atoms with E-state index < -0.39 is 0 Å². The molecule has 3 unspecified atom stereocenters. The molecule has 3 atom stereocenters. The van der Waals surface area contributed by atoms with Crippen molar-refractivity contribution in [3.05, 3.63) is 48.0 Å². The summed E-state index contributed by atoms with van der Waals surface area (Å²) in [5, 5.41) is 2.04. The van der Waals surface area contributed by atoms with E-state index in [-0.39, 0.29) is 29.9 Å². The Morgan fingerprint density at radius 1 is 1.04 bits per heavy atom. The Morgan fingerprint density at radius 2 is 1.82 bits per heavy atom. The summed E-state index contributed by atoms with van der Waals surface area (Å²) in [5.74, 6) is 0.0659. The minimum Gasteiger partial charge on any atom is -0.375 e. The van der Waals surface area contributed by atoms with E-state index in [2.05, 4.69) is 0 Å². The van der Waals surface area contributed by atoms with Crippen molar-refractivity contribution in [3.8, 4) is 0 Å². The highest BCUT2D eigenvalue weighted by molar-refractivity contribution is 6.07. The average molecular weight is 380 g/mol. The molecule has 2 amide bonds. The van der Waals surface area contributed by atoms with Crippen molar-refractivity contribution in [1.82, 2.24) is 9.80 Å². The van der Waals surface area contributed by atoms with E-state index in [0.717, 1.165) is 29.2 Å². The maximum atomic E-state index is 13.3. The Labute approximate surface area is 166 Å². The summed E-state index contributed by atoms with van der Waals surface area (Å²) in [5.41, 5.74) is 0.722. The molecule has 0 spiro atoms. The van der Waals surface area contributed by atoms with Gasteiger partial charge >= 0.3 is 0 Å². The Morgan fingerprint density at radius 3 is 2.68 bits per heavy atom. The number of carbonyl (C=O) groups is 2. The van der Waals surface area contributed by atoms with Gasteiger partial charge in [-0.3, -0.25) is 9.59 Å². The second kappa shape index (κ2) is 7.92. The number of benzene rings is 2. The molecule has 0 saturated carbocycles. The van der Waals surface area contributed by atoms with Crippen LogP contribution in [0.15, 0.2) is 42.5 Å². The fourth-order valence-corrected chi connectivity index (χ4v) is 4.39. The second-order valence-corrected chi connectivity index (χ2v) is 8.10. The monoisotopic (exact) mass is 380 g/mol. The van der Waals surface area contributed by atoms with Gasteiger partial charge in [0.2, 0.25) is 5.91 Å². The van der Waals surface area contributed by atoms with Crippen LogP contribution in [0.2, 0.25) is 0 Å². The van der Waals surface area contributed by atoms with Gasteiger partial charge in [-0.15, -0.1) is 0 Å². The van der Waals surface area contributed by atoms with Gasteiger partial charge in [0.1, 0.15) is 0 Å². The lowest BCUT2D eigenvalue weighted by atomic mass is 9.94. The third kappa shape index (κ3) is 3.63. The fourth-order valence-electron chi connectivity index (χ4n) is 4.39. The van der Waals surface area contributed by atoms with E-state index in [1.807, 2.05) is 66.1 Å². The maximum absolute atomic E-state index is 13.3. The zero-order chi connectivity index (χ0) is 19.7. The molecular formula is C23H28N2O3. The zero-order valence-corrected chi connectivity index (χ0v) is 16.6. The smallest absolute Gasteiger partial charge is 0.254 e. The lowest BCUT2D eigenvalue weighted by Crippen LogP contribution is -2.54. The van der Waals surface area contributed by atoms with Gasteiger partial charge in [-0.1, -0.05) is 36.4 Å². The average Bonchev–Trinajstić information content (AvgIpc) is 2.74. The molecule has 5 nitrogen and oxygen atoms in total. The van der Waals surface area contributed by atoms with E-state index >= 15 is 0 Å². The molecule has 0 aliphatic carbocycles. The van der Waals surface area contributed by atoms with Crippen LogP contribution in [-0.2, 0) is 9.53 Å². The SMILES string of the molecule is CC1CN(C(=O)C2CCCN(C(=O)c3cccc4ccccc34)C2)C(C)CO1. The summed E-state index contributed by atoms with van der Waals surface area (Å²) in [7, 11) is 0. The molecule has 148 valence electrons. The molecule has 2 fully saturated rings. The van der Waals surface area contributed by atoms with Gasteiger partial charge in [0, 0.05) is 25.2 Å². The maximum Gasteiger partial charge on any atom is 0.254 e. The zero-order valence-electron chi connectivity index (χ0n) is 16.6. The molecule has 0 radical (unpaired) electrons. The topological polar surface area (TPSA) is 49.9 Å². The van der Waals surface area contributed by atoms with Crippen LogP contribution in [0, 0.1) is 5.92 Å². The van der Waals surface area contributed by atoms with Crippen molar-refractivity contribution in [2.24, 2.45) is 5.92 Å². The summed E-state index contributed by atoms with van der Waals surface area (Å²) >= 11 is 0. The van der Waals surface area contributed by atoms with Gasteiger partial charge in [-0.25, -0.2) is 0 Å². The van der Waals surface area contributed by atoms with E-state index in [0.29, 0.717) is 26.2 Å². The van der Waals surface area contributed by atoms with Gasteiger partial charge in [-0.05, 0) is 43.5 Å². The number of ether oxygens (including phenoxy) is 1. The molecular weight excluding hydrogens is 352 g/mol. The van der Waals surface area contributed by atoms with Crippen molar-refractivity contribution in [2.75, 3.05) is 26.2 Å². The molecule has 2 aromatic carbocycles. The van der Waals surface area contributed by atoms with Gasteiger partial charge in [0.25, 0.3) is 5.91 Å². The number of nitrogens with zero attached hydrogens (tertiary/aromatic N) is 2. The van der Waals surface area contributed by atoms with E-state index in [1.165, 1.54) is 0 Å². The van der Waals surface area contributed by atoms with E-state index in [4.69, 9.17) is 4.74 Å². The van der Waals surface area contributed by atoms with Crippen molar-refractivity contribution >= 4 is 22.6 Å². The highest BCUT2D eigenvalue weighted by Crippen LogP contribution is 2.26. The molecule has 2 aromatic rings. The molecule has 4 rings (SSSR count). The molecule has 28 heavy (non-hydrogen) atoms. The van der Waals surface area contributed by atoms with Crippen LogP contribution in [0.4, 0.5) is 0 Å². The van der Waals surface area contributed by atoms with E-state index in [1.54, 1.807) is 0 Å². The van der Waals surface area contributed by atoms with Crippen LogP contribution in [0.3, 0.4) is 0 Å². The highest BCUT2D eigenvalue weighted by atomic mass is 16.5. The van der Waals surface area contributed by atoms with Crippen LogP contribution >= 0.6 is 0 Å². The number of piperidine rings is 1. The Kier molecular flexibility index (Phi) is 5.36. The first kappa shape index (κ1) is 18.9. The number of morpholine rings is 1. The molecule has 2 saturated heterocycles. The quantitative estimate of drug-likeness (QED) is 0.803. The normalized spacial score (nSPS) is 25.7. The third-order valence-electron chi connectivity index (χ3n) is 5.97. The van der Waals surface area contributed by atoms with Crippen molar-refractivity contribution in [2.45, 2.75) is 38.8 Å². The van der Waals surface area contributed by atoms with E-state index in [9.17, 15) is 9.59 Å². The number of rotatable bonds is 2. The Bertz CT molecular complexity index is 876. The number of fused-ring (bicyclic) bond motifs is 1. The van der Waals surface area contributed by atoms with Gasteiger partial charge in [0.05, 0.1) is 24.7 Å². The molecule has 2 aliphatic heterocycles. The lowest BCUT2D eigenvalue weighted by Gasteiger charge is -2.41. The number of hydrogen-bond acceptors (Lipinski definition) is 3. The molecule has 0 bridgehead atoms. The van der Waals surface area contributed by atoms with Gasteiger partial charge in [0.15, 0.2) is 0 Å². The summed E-state index contributed by atoms with van der Waals surface area (Å²) in [6, 6.07) is 13.9. The first-order valence-corrected chi connectivity index (χ1v) is 10.2. The summed E-state index contributed by atoms with van der Waals surface area (Å²) < 4.78 is 5.66. The van der Waals surface area contributed by atoms with Crippen LogP contribution in [0.5, 0.6) is 0 Å². The standard InChI is InChI=1S/C23H28N2O3/c1-16-15-28-17(2)13-25(16)22(26)19-9-6-12-24(14-19)23(27)21-11-5-8-18-7-3-4-10-20(18)21/h3-5,7-8,10-11,16-17,19H,6,9,12-15H2,1-2H3. The molecule has 0 N–H and O–H groups in total. The Balaban J connectivity index is 1.52. The van der Waals surface area contributed by atoms with Crippen LogP contribution < -0.4 is 0 Å². The van der Waals surface area contributed by atoms with Crippen LogP contribution in [-0.4, -0.2) is 60.0 Å². The minimum atomic E-state index is -0.125. The van der Waals surface area contributed by atoms with Crippen molar-refractivity contribution < 1.29 is 14.3 Å². The first-order chi connectivity index (χ1) is 13.5. The van der Waals surface area contributed by atoms with Crippen LogP contribution in [0.25, 0.3) is 10.8 Å². The summed E-state index contributed by atoms with van der Waals surface area (Å²) in [6.45, 7) is 6.46. The lowest BCUT2D eigenvalue weighted by molar-refractivity contribution is -0.149. The number of amides is 2. The summed E-state index contributed by atoms with van der Waals surface area (Å²) in [4.78, 5) is 30.2. The largest absolute Gasteiger partial charge is 0.375 e. The molecule has 2 heterocycles. The molecule has 2 aliphatic rings. The number of likely N-dealkylation sites (tertiary alicyclic amines) is 1. The highest BCUT2D eigenvalue weighted by Gasteiger charge is 2.35. The van der Waals surface area contributed by atoms with Crippen molar-refractivity contribution in [1.29, 1.82) is 0 Å². The first-order valence-electron chi connectivity index (χ1n) is 10.2. The van der Waals surface area contributed by atoms with Crippen LogP contribution in [0.1, 0.15) is 37.0 Å². The molecule has 5 heteroatoms. The summed E-state index contributed by atoms with van der Waals surface area (Å²) in [6.07, 6.45) is 1.77. The minimum absolute atomic E-state index is 0.0256. The number of hydrogen-bond donors (Lipinski definition) is 0. The number of carbonyl (C=O) groups excluding carboxylic acids is 2. The van der Waals surface area contributed by atoms with Crippen molar-refractivity contribution in [3.63, 3.8) is 0 Å². The molecule has 0 aromatic heterocycles. The predicted octanol–water partition coefficient (Wildman–Crippen LogP) is 3.33. The fraction of sp³-hybridized carbons (Fsp3) is 0.478. The second-order valence-electron chi connectivity index (χ2n) is 8.10. The van der Waals surface area contributed by atoms with Gasteiger partial charge in [-0.2, -0.15) is 0 Å².